The second-order valence-corrected chi connectivity index (χ2v) is 5.77. The van der Waals surface area contributed by atoms with E-state index < -0.39 is 0 Å². The Hall–Kier alpha value is -1.99. The molecule has 2 aromatic rings. The first-order valence-electron chi connectivity index (χ1n) is 8.14. The highest BCUT2D eigenvalue weighted by Crippen LogP contribution is 2.12. The summed E-state index contributed by atoms with van der Waals surface area (Å²) in [5.74, 6) is -0.0948. The van der Waals surface area contributed by atoms with Crippen LogP contribution in [0.3, 0.4) is 0 Å². The molecule has 0 unspecified atom stereocenters. The zero-order valence-corrected chi connectivity index (χ0v) is 13.5. The number of unbranched alkanes of at least 4 members (excludes halogenated alkanes) is 1. The van der Waals surface area contributed by atoms with Crippen molar-refractivity contribution in [3.05, 3.63) is 29.7 Å². The van der Waals surface area contributed by atoms with Crippen LogP contribution in [0.15, 0.2) is 18.5 Å². The monoisotopic (exact) mass is 317 g/mol. The predicted molar refractivity (Wildman–Crippen MR) is 86.6 cm³/mol. The Kier molecular flexibility index (Phi) is 5.19. The summed E-state index contributed by atoms with van der Waals surface area (Å²) in [6.45, 7) is 7.26. The number of nitrogens with one attached hydrogen (secondary N) is 1. The zero-order valence-electron chi connectivity index (χ0n) is 13.5. The van der Waals surface area contributed by atoms with Gasteiger partial charge in [-0.3, -0.25) is 9.69 Å². The maximum absolute atomic E-state index is 12.4. The number of amides is 1. The Bertz CT molecular complexity index is 664. The van der Waals surface area contributed by atoms with Crippen molar-refractivity contribution in [3.63, 3.8) is 0 Å². The topological polar surface area (TPSA) is 71.8 Å². The summed E-state index contributed by atoms with van der Waals surface area (Å²) in [5.41, 5.74) is 1.88. The van der Waals surface area contributed by atoms with Crippen LogP contribution < -0.4 is 5.32 Å². The van der Waals surface area contributed by atoms with E-state index in [1.54, 1.807) is 23.0 Å². The SMILES string of the molecule is Cc1nn2cccnc2c1C(=O)NCCCCN1CCOCC1. The van der Waals surface area contributed by atoms with E-state index in [9.17, 15) is 4.79 Å². The molecule has 0 aliphatic carbocycles. The minimum Gasteiger partial charge on any atom is -0.379 e. The summed E-state index contributed by atoms with van der Waals surface area (Å²) < 4.78 is 6.98. The molecule has 7 nitrogen and oxygen atoms in total. The van der Waals surface area contributed by atoms with E-state index in [4.69, 9.17) is 4.74 Å². The zero-order chi connectivity index (χ0) is 16.1. The van der Waals surface area contributed by atoms with Gasteiger partial charge in [0.15, 0.2) is 5.65 Å². The standard InChI is InChI=1S/C16H23N5O2/c1-13-14(15-17-6-4-8-21(15)19-13)16(22)18-5-2-3-7-20-9-11-23-12-10-20/h4,6,8H,2-3,5,7,9-12H2,1H3,(H,18,22). The van der Waals surface area contributed by atoms with Gasteiger partial charge in [0.1, 0.15) is 5.56 Å². The molecular weight excluding hydrogens is 294 g/mol. The van der Waals surface area contributed by atoms with Crippen LogP contribution in [0.4, 0.5) is 0 Å². The van der Waals surface area contributed by atoms with Crippen LogP contribution in [-0.4, -0.2) is 64.8 Å². The Morgan fingerprint density at radius 3 is 3.00 bits per heavy atom. The van der Waals surface area contributed by atoms with Crippen LogP contribution in [0.25, 0.3) is 5.65 Å². The number of aromatic nitrogens is 3. The smallest absolute Gasteiger partial charge is 0.257 e. The van der Waals surface area contributed by atoms with Gasteiger partial charge in [-0.25, -0.2) is 9.50 Å². The third kappa shape index (κ3) is 3.86. The molecule has 3 heterocycles. The molecule has 0 atom stereocenters. The number of fused-ring (bicyclic) bond motifs is 1. The number of nitrogens with zero attached hydrogens (tertiary/aromatic N) is 4. The maximum Gasteiger partial charge on any atom is 0.257 e. The largest absolute Gasteiger partial charge is 0.379 e. The molecule has 23 heavy (non-hydrogen) atoms. The Labute approximate surface area is 135 Å². The average molecular weight is 317 g/mol. The number of hydrogen-bond donors (Lipinski definition) is 1. The highest BCUT2D eigenvalue weighted by molar-refractivity contribution is 6.00. The number of carbonyl (C=O) groups is 1. The minimum atomic E-state index is -0.0948. The molecule has 1 N–H and O–H groups in total. The maximum atomic E-state index is 12.4. The normalized spacial score (nSPS) is 15.9. The van der Waals surface area contributed by atoms with Crippen molar-refractivity contribution in [2.75, 3.05) is 39.4 Å². The summed E-state index contributed by atoms with van der Waals surface area (Å²) in [6.07, 6.45) is 5.52. The van der Waals surface area contributed by atoms with E-state index in [0.717, 1.165) is 45.7 Å². The quantitative estimate of drug-likeness (QED) is 0.801. The number of hydrogen-bond acceptors (Lipinski definition) is 5. The summed E-state index contributed by atoms with van der Waals surface area (Å²) >= 11 is 0. The van der Waals surface area contributed by atoms with Gasteiger partial charge in [0.25, 0.3) is 5.91 Å². The van der Waals surface area contributed by atoms with E-state index in [-0.39, 0.29) is 5.91 Å². The van der Waals surface area contributed by atoms with Crippen LogP contribution in [0.1, 0.15) is 28.9 Å². The molecule has 124 valence electrons. The number of carbonyl (C=O) groups excluding carboxylic acids is 1. The third-order valence-electron chi connectivity index (χ3n) is 4.09. The van der Waals surface area contributed by atoms with E-state index in [1.165, 1.54) is 0 Å². The lowest BCUT2D eigenvalue weighted by Gasteiger charge is -2.26. The summed E-state index contributed by atoms with van der Waals surface area (Å²) in [6, 6.07) is 1.80. The van der Waals surface area contributed by atoms with Gasteiger partial charge < -0.3 is 10.1 Å². The van der Waals surface area contributed by atoms with Crippen molar-refractivity contribution in [2.45, 2.75) is 19.8 Å². The fourth-order valence-electron chi connectivity index (χ4n) is 2.84. The lowest BCUT2D eigenvalue weighted by atomic mass is 10.2. The van der Waals surface area contributed by atoms with Gasteiger partial charge in [0, 0.05) is 32.0 Å². The fourth-order valence-corrected chi connectivity index (χ4v) is 2.84. The molecule has 2 aromatic heterocycles. The van der Waals surface area contributed by atoms with Gasteiger partial charge in [0.2, 0.25) is 0 Å². The number of aryl methyl sites for hydroxylation is 1. The Morgan fingerprint density at radius 1 is 1.35 bits per heavy atom. The van der Waals surface area contributed by atoms with Crippen molar-refractivity contribution in [1.82, 2.24) is 24.8 Å². The van der Waals surface area contributed by atoms with E-state index >= 15 is 0 Å². The predicted octanol–water partition coefficient (Wildman–Crippen LogP) is 0.880. The second kappa shape index (κ2) is 7.52. The van der Waals surface area contributed by atoms with E-state index in [0.29, 0.717) is 23.4 Å². The second-order valence-electron chi connectivity index (χ2n) is 5.77. The molecule has 1 fully saturated rings. The first kappa shape index (κ1) is 15.9. The van der Waals surface area contributed by atoms with Crippen LogP contribution in [0.5, 0.6) is 0 Å². The molecule has 1 aliphatic rings. The Balaban J connectivity index is 1.46. The molecule has 0 spiro atoms. The van der Waals surface area contributed by atoms with Crippen molar-refractivity contribution in [1.29, 1.82) is 0 Å². The average Bonchev–Trinajstić information content (AvgIpc) is 2.91. The van der Waals surface area contributed by atoms with Crippen LogP contribution in [0.2, 0.25) is 0 Å². The van der Waals surface area contributed by atoms with Crippen molar-refractivity contribution in [2.24, 2.45) is 0 Å². The van der Waals surface area contributed by atoms with E-state index in [1.807, 2.05) is 6.92 Å². The van der Waals surface area contributed by atoms with Crippen LogP contribution in [-0.2, 0) is 4.74 Å². The van der Waals surface area contributed by atoms with Gasteiger partial charge >= 0.3 is 0 Å². The first-order valence-corrected chi connectivity index (χ1v) is 8.14. The van der Waals surface area contributed by atoms with E-state index in [2.05, 4.69) is 20.3 Å². The van der Waals surface area contributed by atoms with Gasteiger partial charge in [-0.05, 0) is 32.4 Å². The molecule has 1 aliphatic heterocycles. The van der Waals surface area contributed by atoms with Gasteiger partial charge in [0.05, 0.1) is 18.9 Å². The molecule has 0 radical (unpaired) electrons. The van der Waals surface area contributed by atoms with Crippen molar-refractivity contribution in [3.8, 4) is 0 Å². The highest BCUT2D eigenvalue weighted by Gasteiger charge is 2.17. The lowest BCUT2D eigenvalue weighted by molar-refractivity contribution is 0.0372. The molecule has 3 rings (SSSR count). The molecule has 1 amide bonds. The van der Waals surface area contributed by atoms with Crippen molar-refractivity contribution >= 4 is 11.6 Å². The molecule has 0 aromatic carbocycles. The van der Waals surface area contributed by atoms with Crippen LogP contribution in [0, 0.1) is 6.92 Å². The lowest BCUT2D eigenvalue weighted by Crippen LogP contribution is -2.37. The number of rotatable bonds is 6. The number of morpholine rings is 1. The molecular formula is C16H23N5O2. The van der Waals surface area contributed by atoms with Gasteiger partial charge in [-0.2, -0.15) is 5.10 Å². The minimum absolute atomic E-state index is 0.0948. The molecule has 1 saturated heterocycles. The van der Waals surface area contributed by atoms with Crippen molar-refractivity contribution < 1.29 is 9.53 Å². The Morgan fingerprint density at radius 2 is 2.17 bits per heavy atom. The van der Waals surface area contributed by atoms with Gasteiger partial charge in [-0.1, -0.05) is 0 Å². The summed E-state index contributed by atoms with van der Waals surface area (Å²) in [5, 5.41) is 7.29. The summed E-state index contributed by atoms with van der Waals surface area (Å²) in [4.78, 5) is 19.0. The first-order chi connectivity index (χ1) is 11.3. The molecule has 0 saturated carbocycles. The van der Waals surface area contributed by atoms with Gasteiger partial charge in [-0.15, -0.1) is 0 Å². The molecule has 7 heteroatoms. The summed E-state index contributed by atoms with van der Waals surface area (Å²) in [7, 11) is 0. The molecule has 0 bridgehead atoms. The third-order valence-corrected chi connectivity index (χ3v) is 4.09. The fraction of sp³-hybridized carbons (Fsp3) is 0.562. The number of ether oxygens (including phenoxy) is 1. The highest BCUT2D eigenvalue weighted by atomic mass is 16.5. The van der Waals surface area contributed by atoms with Crippen LogP contribution >= 0.6 is 0 Å².